The van der Waals surface area contributed by atoms with Crippen LogP contribution in [0.15, 0.2) is 164 Å². The Balaban J connectivity index is 1.27. The minimum absolute atomic E-state index is 0.988. The summed E-state index contributed by atoms with van der Waals surface area (Å²) in [7, 11) is 0. The number of hydrogen-bond acceptors (Lipinski definition) is 3. The zero-order valence-electron chi connectivity index (χ0n) is 25.9. The number of hydrogen-bond donors (Lipinski definition) is 0. The van der Waals surface area contributed by atoms with Gasteiger partial charge in [-0.05, 0) is 120 Å². The highest BCUT2D eigenvalue weighted by Gasteiger charge is 2.17. The lowest BCUT2D eigenvalue weighted by Gasteiger charge is -2.18. The fraction of sp³-hybridized carbons (Fsp3) is 0. The number of aromatic nitrogens is 3. The first-order valence-corrected chi connectivity index (χ1v) is 16.3. The van der Waals surface area contributed by atoms with Gasteiger partial charge < -0.3 is 0 Å². The summed E-state index contributed by atoms with van der Waals surface area (Å²) in [5.74, 6) is 0. The Morgan fingerprint density at radius 2 is 0.812 bits per heavy atom. The van der Waals surface area contributed by atoms with Gasteiger partial charge in [0, 0.05) is 34.9 Å². The number of rotatable bonds is 4. The third-order valence-corrected chi connectivity index (χ3v) is 9.76. The standard InChI is InChI=1S/C45H27N3/c1-2-22-46-41(11-1)38-19-15-29-16-20-39-35(18-14-28-17-21-40(38)45(29)44(28)39)32-26-30(33-7-3-12-42-36(33)9-5-23-47-42)25-31(27-32)34-8-4-13-43-37(34)10-6-24-48-43/h1-27H. The van der Waals surface area contributed by atoms with Crippen LogP contribution in [0, 0.1) is 0 Å². The van der Waals surface area contributed by atoms with E-state index in [1.165, 1.54) is 54.6 Å². The quantitative estimate of drug-likeness (QED) is 0.186. The lowest BCUT2D eigenvalue weighted by atomic mass is 9.86. The smallest absolute Gasteiger partial charge is 0.0708 e. The molecule has 0 aliphatic carbocycles. The van der Waals surface area contributed by atoms with Crippen molar-refractivity contribution in [3.8, 4) is 44.6 Å². The summed E-state index contributed by atoms with van der Waals surface area (Å²) < 4.78 is 0. The highest BCUT2D eigenvalue weighted by molar-refractivity contribution is 6.27. The SMILES string of the molecule is c1ccc(-c2ccc3ccc4c(-c5cc(-c6cccc7ncccc67)cc(-c6cccc7ncccc67)c5)ccc5ccc2c3c54)nc1. The average Bonchev–Trinajstić information content (AvgIpc) is 3.16. The first kappa shape index (κ1) is 26.7. The Bertz CT molecular complexity index is 2730. The highest BCUT2D eigenvalue weighted by atomic mass is 14.7. The van der Waals surface area contributed by atoms with E-state index in [9.17, 15) is 0 Å². The molecule has 7 aromatic carbocycles. The molecule has 10 rings (SSSR count). The lowest BCUT2D eigenvalue weighted by Crippen LogP contribution is -1.92. The molecule has 3 heteroatoms. The minimum atomic E-state index is 0.988. The summed E-state index contributed by atoms with van der Waals surface area (Å²) in [6.07, 6.45) is 5.59. The maximum Gasteiger partial charge on any atom is 0.0708 e. The molecular formula is C45H27N3. The molecule has 0 saturated carbocycles. The first-order valence-electron chi connectivity index (χ1n) is 16.3. The third-order valence-electron chi connectivity index (χ3n) is 9.76. The number of pyridine rings is 3. The van der Waals surface area contributed by atoms with Crippen molar-refractivity contribution in [3.05, 3.63) is 164 Å². The van der Waals surface area contributed by atoms with Gasteiger partial charge in [0.15, 0.2) is 0 Å². The van der Waals surface area contributed by atoms with Crippen LogP contribution < -0.4 is 0 Å². The van der Waals surface area contributed by atoms with E-state index < -0.39 is 0 Å². The average molecular weight is 610 g/mol. The Morgan fingerprint density at radius 3 is 1.38 bits per heavy atom. The second-order valence-electron chi connectivity index (χ2n) is 12.4. The van der Waals surface area contributed by atoms with Crippen LogP contribution >= 0.6 is 0 Å². The summed E-state index contributed by atoms with van der Waals surface area (Å²) in [5, 5.41) is 9.79. The van der Waals surface area contributed by atoms with Crippen molar-refractivity contribution in [2.24, 2.45) is 0 Å². The summed E-state index contributed by atoms with van der Waals surface area (Å²) in [6, 6.07) is 52.4. The van der Waals surface area contributed by atoms with Crippen LogP contribution in [0.4, 0.5) is 0 Å². The van der Waals surface area contributed by atoms with E-state index in [1.807, 2.05) is 36.8 Å². The molecule has 0 fully saturated rings. The molecule has 0 saturated heterocycles. The molecule has 0 unspecified atom stereocenters. The summed E-state index contributed by atoms with van der Waals surface area (Å²) in [5.41, 5.74) is 11.1. The zero-order valence-corrected chi connectivity index (χ0v) is 25.9. The normalized spacial score (nSPS) is 11.8. The first-order chi connectivity index (χ1) is 23.8. The van der Waals surface area contributed by atoms with E-state index in [0.29, 0.717) is 0 Å². The minimum Gasteiger partial charge on any atom is -0.256 e. The monoisotopic (exact) mass is 609 g/mol. The molecule has 3 aromatic heterocycles. The van der Waals surface area contributed by atoms with Gasteiger partial charge in [0.25, 0.3) is 0 Å². The van der Waals surface area contributed by atoms with Gasteiger partial charge in [-0.15, -0.1) is 0 Å². The van der Waals surface area contributed by atoms with Crippen molar-refractivity contribution >= 4 is 54.1 Å². The van der Waals surface area contributed by atoms with Crippen LogP contribution in [0.5, 0.6) is 0 Å². The maximum atomic E-state index is 4.71. The zero-order chi connectivity index (χ0) is 31.6. The Kier molecular flexibility index (Phi) is 5.87. The molecule has 0 aliphatic rings. The van der Waals surface area contributed by atoms with Crippen LogP contribution in [0.2, 0.25) is 0 Å². The molecule has 222 valence electrons. The van der Waals surface area contributed by atoms with E-state index in [1.54, 1.807) is 0 Å². The molecule has 0 amide bonds. The van der Waals surface area contributed by atoms with Crippen molar-refractivity contribution in [1.82, 2.24) is 15.0 Å². The number of fused-ring (bicyclic) bond motifs is 2. The highest BCUT2D eigenvalue weighted by Crippen LogP contribution is 2.44. The van der Waals surface area contributed by atoms with E-state index in [4.69, 9.17) is 4.98 Å². The van der Waals surface area contributed by atoms with Crippen molar-refractivity contribution in [1.29, 1.82) is 0 Å². The lowest BCUT2D eigenvalue weighted by molar-refractivity contribution is 1.33. The van der Waals surface area contributed by atoms with Crippen LogP contribution in [-0.4, -0.2) is 15.0 Å². The Labute approximate surface area is 277 Å². The second-order valence-corrected chi connectivity index (χ2v) is 12.4. The van der Waals surface area contributed by atoms with Crippen molar-refractivity contribution < 1.29 is 0 Å². The van der Waals surface area contributed by atoms with Gasteiger partial charge >= 0.3 is 0 Å². The van der Waals surface area contributed by atoms with Crippen LogP contribution in [0.3, 0.4) is 0 Å². The molecule has 10 aromatic rings. The predicted octanol–water partition coefficient (Wildman–Crippen LogP) is 11.7. The van der Waals surface area contributed by atoms with Crippen molar-refractivity contribution in [2.75, 3.05) is 0 Å². The van der Waals surface area contributed by atoms with Gasteiger partial charge in [-0.25, -0.2) is 0 Å². The molecule has 0 spiro atoms. The maximum absolute atomic E-state index is 4.71. The third kappa shape index (κ3) is 4.11. The van der Waals surface area contributed by atoms with Gasteiger partial charge in [0.2, 0.25) is 0 Å². The van der Waals surface area contributed by atoms with Crippen LogP contribution in [-0.2, 0) is 0 Å². The van der Waals surface area contributed by atoms with E-state index in [2.05, 4.69) is 137 Å². The molecule has 3 heterocycles. The summed E-state index contributed by atoms with van der Waals surface area (Å²) in [6.45, 7) is 0. The fourth-order valence-corrected chi connectivity index (χ4v) is 7.60. The van der Waals surface area contributed by atoms with Crippen LogP contribution in [0.25, 0.3) is 98.8 Å². The Hall–Kier alpha value is -6.45. The van der Waals surface area contributed by atoms with Gasteiger partial charge in [-0.1, -0.05) is 91.0 Å². The second kappa shape index (κ2) is 10.5. The van der Waals surface area contributed by atoms with E-state index >= 15 is 0 Å². The van der Waals surface area contributed by atoms with Gasteiger partial charge in [-0.2, -0.15) is 0 Å². The summed E-state index contributed by atoms with van der Waals surface area (Å²) in [4.78, 5) is 14.1. The molecule has 0 radical (unpaired) electrons. The van der Waals surface area contributed by atoms with Crippen LogP contribution in [0.1, 0.15) is 0 Å². The number of nitrogens with zero attached hydrogens (tertiary/aromatic N) is 3. The molecule has 0 N–H and O–H groups in total. The fourth-order valence-electron chi connectivity index (χ4n) is 7.60. The van der Waals surface area contributed by atoms with Gasteiger partial charge in [0.05, 0.1) is 16.7 Å². The topological polar surface area (TPSA) is 38.7 Å². The molecular weight excluding hydrogens is 583 g/mol. The molecule has 0 atom stereocenters. The predicted molar refractivity (Wildman–Crippen MR) is 200 cm³/mol. The molecule has 48 heavy (non-hydrogen) atoms. The molecule has 0 bridgehead atoms. The molecule has 0 aliphatic heterocycles. The van der Waals surface area contributed by atoms with Crippen molar-refractivity contribution in [3.63, 3.8) is 0 Å². The van der Waals surface area contributed by atoms with E-state index in [-0.39, 0.29) is 0 Å². The Morgan fingerprint density at radius 1 is 0.312 bits per heavy atom. The molecule has 3 nitrogen and oxygen atoms in total. The van der Waals surface area contributed by atoms with Gasteiger partial charge in [-0.3, -0.25) is 15.0 Å². The van der Waals surface area contributed by atoms with Gasteiger partial charge in [0.1, 0.15) is 0 Å². The summed E-state index contributed by atoms with van der Waals surface area (Å²) >= 11 is 0. The van der Waals surface area contributed by atoms with E-state index in [0.717, 1.165) is 44.2 Å². The van der Waals surface area contributed by atoms with Crippen molar-refractivity contribution in [2.45, 2.75) is 0 Å². The number of benzene rings is 7. The largest absolute Gasteiger partial charge is 0.256 e.